The first-order valence-corrected chi connectivity index (χ1v) is 6.57. The van der Waals surface area contributed by atoms with Crippen molar-refractivity contribution in [3.63, 3.8) is 0 Å². The average molecular weight is 277 g/mol. The van der Waals surface area contributed by atoms with Crippen LogP contribution in [-0.4, -0.2) is 14.1 Å². The number of para-hydroxylation sites is 3. The first-order chi connectivity index (χ1) is 10.3. The number of aromatic amines is 1. The molecule has 2 heterocycles. The van der Waals surface area contributed by atoms with Crippen molar-refractivity contribution in [2.45, 2.75) is 0 Å². The van der Waals surface area contributed by atoms with Gasteiger partial charge in [0.2, 0.25) is 0 Å². The van der Waals surface area contributed by atoms with E-state index in [9.17, 15) is 9.59 Å². The van der Waals surface area contributed by atoms with Crippen LogP contribution in [0.4, 0.5) is 0 Å². The van der Waals surface area contributed by atoms with E-state index in [4.69, 9.17) is 0 Å². The number of benzene rings is 2. The molecule has 2 aliphatic heterocycles. The molecule has 0 fully saturated rings. The summed E-state index contributed by atoms with van der Waals surface area (Å²) in [5, 5.41) is 0. The summed E-state index contributed by atoms with van der Waals surface area (Å²) in [5.74, 6) is 0. The molecule has 0 saturated carbocycles. The number of rotatable bonds is 1. The third-order valence-corrected chi connectivity index (χ3v) is 3.57. The van der Waals surface area contributed by atoms with E-state index < -0.39 is 0 Å². The molecule has 0 aliphatic carbocycles. The second kappa shape index (κ2) is 4.21. The predicted molar refractivity (Wildman–Crippen MR) is 80.7 cm³/mol. The number of aromatic nitrogens is 3. The SMILES string of the molecule is O=c1c2c[nH]c3ccccc3n-2c(=O)n1-c1ccccc1. The van der Waals surface area contributed by atoms with E-state index >= 15 is 0 Å². The molecule has 1 N–H and O–H groups in total. The molecule has 0 spiro atoms. The first kappa shape index (κ1) is 11.7. The Kier molecular flexibility index (Phi) is 2.35. The maximum atomic E-state index is 12.7. The Morgan fingerprint density at radius 3 is 2.33 bits per heavy atom. The molecule has 2 aliphatic rings. The molecule has 4 rings (SSSR count). The van der Waals surface area contributed by atoms with Crippen LogP contribution in [0, 0.1) is 0 Å². The smallest absolute Gasteiger partial charge is 0.341 e. The lowest BCUT2D eigenvalue weighted by Crippen LogP contribution is -2.24. The zero-order chi connectivity index (χ0) is 14.4. The van der Waals surface area contributed by atoms with Gasteiger partial charge in [-0.1, -0.05) is 30.3 Å². The normalized spacial score (nSPS) is 11.2. The minimum atomic E-state index is -0.355. The highest BCUT2D eigenvalue weighted by molar-refractivity contribution is 5.77. The monoisotopic (exact) mass is 277 g/mol. The highest BCUT2D eigenvalue weighted by atomic mass is 16.2. The summed E-state index contributed by atoms with van der Waals surface area (Å²) in [7, 11) is 0. The summed E-state index contributed by atoms with van der Waals surface area (Å²) in [6.45, 7) is 0. The van der Waals surface area contributed by atoms with Crippen LogP contribution in [0.3, 0.4) is 0 Å². The van der Waals surface area contributed by atoms with Crippen LogP contribution in [0.5, 0.6) is 0 Å². The van der Waals surface area contributed by atoms with Crippen LogP contribution < -0.4 is 11.2 Å². The number of H-pyrrole nitrogens is 1. The van der Waals surface area contributed by atoms with E-state index in [1.807, 2.05) is 30.3 Å². The number of fused-ring (bicyclic) bond motifs is 3. The molecule has 0 aromatic heterocycles. The summed E-state index contributed by atoms with van der Waals surface area (Å²) in [4.78, 5) is 28.2. The van der Waals surface area contributed by atoms with Gasteiger partial charge in [0.15, 0.2) is 0 Å². The number of nitrogens with one attached hydrogen (secondary N) is 1. The quantitative estimate of drug-likeness (QED) is 0.577. The van der Waals surface area contributed by atoms with Gasteiger partial charge in [0.05, 0.1) is 16.7 Å². The Labute approximate surface area is 119 Å². The van der Waals surface area contributed by atoms with Crippen molar-refractivity contribution in [2.24, 2.45) is 0 Å². The lowest BCUT2D eigenvalue weighted by Gasteiger charge is -2.05. The molecule has 0 radical (unpaired) electrons. The van der Waals surface area contributed by atoms with Crippen molar-refractivity contribution in [1.82, 2.24) is 14.1 Å². The van der Waals surface area contributed by atoms with Gasteiger partial charge in [-0.25, -0.2) is 9.36 Å². The molecular weight excluding hydrogens is 266 g/mol. The van der Waals surface area contributed by atoms with Gasteiger partial charge >= 0.3 is 5.69 Å². The Balaban J connectivity index is 2.20. The molecule has 0 unspecified atom stereocenters. The highest BCUT2D eigenvalue weighted by Gasteiger charge is 2.20. The van der Waals surface area contributed by atoms with Crippen molar-refractivity contribution >= 4 is 11.0 Å². The lowest BCUT2D eigenvalue weighted by atomic mass is 10.3. The summed E-state index contributed by atoms with van der Waals surface area (Å²) >= 11 is 0. The number of hydrogen-bond acceptors (Lipinski definition) is 2. The average Bonchev–Trinajstić information content (AvgIpc) is 2.80. The molecule has 2 aromatic carbocycles. The van der Waals surface area contributed by atoms with Gasteiger partial charge in [0.25, 0.3) is 5.56 Å². The Bertz CT molecular complexity index is 1020. The van der Waals surface area contributed by atoms with Crippen LogP contribution in [0.25, 0.3) is 22.4 Å². The van der Waals surface area contributed by atoms with Gasteiger partial charge in [-0.2, -0.15) is 0 Å². The zero-order valence-electron chi connectivity index (χ0n) is 11.0. The number of hydrogen-bond donors (Lipinski definition) is 1. The molecule has 2 aromatic rings. The molecular formula is C16H11N3O2. The van der Waals surface area contributed by atoms with Crippen LogP contribution in [0.2, 0.25) is 0 Å². The van der Waals surface area contributed by atoms with Crippen LogP contribution in [0.1, 0.15) is 0 Å². The highest BCUT2D eigenvalue weighted by Crippen LogP contribution is 2.15. The van der Waals surface area contributed by atoms with Crippen LogP contribution >= 0.6 is 0 Å². The Morgan fingerprint density at radius 2 is 1.52 bits per heavy atom. The van der Waals surface area contributed by atoms with Gasteiger partial charge in [-0.3, -0.25) is 9.36 Å². The summed E-state index contributed by atoms with van der Waals surface area (Å²) in [5.41, 5.74) is 1.71. The minimum Gasteiger partial charge on any atom is -0.358 e. The second-order valence-corrected chi connectivity index (χ2v) is 4.79. The minimum absolute atomic E-state index is 0.326. The molecule has 0 saturated heterocycles. The zero-order valence-corrected chi connectivity index (χ0v) is 11.0. The van der Waals surface area contributed by atoms with E-state index in [0.717, 1.165) is 5.52 Å². The largest absolute Gasteiger partial charge is 0.358 e. The summed E-state index contributed by atoms with van der Waals surface area (Å²) < 4.78 is 2.64. The molecule has 102 valence electrons. The maximum absolute atomic E-state index is 12.7. The maximum Gasteiger partial charge on any atom is 0.341 e. The van der Waals surface area contributed by atoms with Crippen LogP contribution in [-0.2, 0) is 0 Å². The van der Waals surface area contributed by atoms with E-state index in [1.54, 1.807) is 30.5 Å². The summed E-state index contributed by atoms with van der Waals surface area (Å²) in [6, 6.07) is 16.3. The fraction of sp³-hybridized carbons (Fsp3) is 0. The molecule has 5 nitrogen and oxygen atoms in total. The van der Waals surface area contributed by atoms with E-state index in [2.05, 4.69) is 4.98 Å². The molecule has 0 bridgehead atoms. The van der Waals surface area contributed by atoms with Gasteiger partial charge in [0.1, 0.15) is 5.69 Å². The van der Waals surface area contributed by atoms with Gasteiger partial charge in [-0.15, -0.1) is 0 Å². The number of imidazole rings is 1. The predicted octanol–water partition coefficient (Wildman–Crippen LogP) is 1.91. The third-order valence-electron chi connectivity index (χ3n) is 3.57. The Hall–Kier alpha value is -3.08. The van der Waals surface area contributed by atoms with Gasteiger partial charge in [-0.05, 0) is 24.3 Å². The Morgan fingerprint density at radius 1 is 0.810 bits per heavy atom. The van der Waals surface area contributed by atoms with E-state index in [1.165, 1.54) is 9.13 Å². The van der Waals surface area contributed by atoms with Crippen molar-refractivity contribution in [3.8, 4) is 11.4 Å². The fourth-order valence-corrected chi connectivity index (χ4v) is 2.60. The van der Waals surface area contributed by atoms with Crippen molar-refractivity contribution in [1.29, 1.82) is 0 Å². The fourth-order valence-electron chi connectivity index (χ4n) is 2.60. The lowest BCUT2D eigenvalue weighted by molar-refractivity contribution is 0.921. The number of nitrogens with zero attached hydrogens (tertiary/aromatic N) is 2. The standard InChI is InChI=1S/C16H11N3O2/c20-15-14-10-17-12-8-4-5-9-13(12)19(14)16(21)18(15)11-6-2-1-3-7-11/h1-10,17H. The van der Waals surface area contributed by atoms with Gasteiger partial charge < -0.3 is 4.98 Å². The van der Waals surface area contributed by atoms with E-state index in [-0.39, 0.29) is 11.2 Å². The first-order valence-electron chi connectivity index (χ1n) is 6.57. The molecule has 5 heteroatoms. The van der Waals surface area contributed by atoms with Gasteiger partial charge in [0, 0.05) is 6.20 Å². The van der Waals surface area contributed by atoms with Crippen molar-refractivity contribution in [2.75, 3.05) is 0 Å². The van der Waals surface area contributed by atoms with Crippen molar-refractivity contribution in [3.05, 3.63) is 81.6 Å². The van der Waals surface area contributed by atoms with Crippen LogP contribution in [0.15, 0.2) is 70.4 Å². The molecule has 0 atom stereocenters. The van der Waals surface area contributed by atoms with E-state index in [0.29, 0.717) is 16.9 Å². The van der Waals surface area contributed by atoms with Crippen molar-refractivity contribution < 1.29 is 0 Å². The summed E-state index contributed by atoms with van der Waals surface area (Å²) in [6.07, 6.45) is 1.57. The molecule has 21 heavy (non-hydrogen) atoms. The second-order valence-electron chi connectivity index (χ2n) is 4.79. The molecule has 0 amide bonds. The topological polar surface area (TPSA) is 59.8 Å². The third kappa shape index (κ3) is 1.57.